The van der Waals surface area contributed by atoms with Crippen molar-refractivity contribution in [1.29, 1.82) is 0 Å². The molecule has 6 heteroatoms. The van der Waals surface area contributed by atoms with Crippen LogP contribution >= 0.6 is 0 Å². The molecule has 0 aliphatic carbocycles. The van der Waals surface area contributed by atoms with Gasteiger partial charge in [0.2, 0.25) is 0 Å². The minimum absolute atomic E-state index is 0.0593. The van der Waals surface area contributed by atoms with Gasteiger partial charge in [-0.05, 0) is 43.0 Å². The van der Waals surface area contributed by atoms with E-state index in [1.807, 2.05) is 0 Å². The maximum absolute atomic E-state index is 12.6. The molecule has 1 amide bonds. The van der Waals surface area contributed by atoms with E-state index in [2.05, 4.69) is 52.6 Å². The van der Waals surface area contributed by atoms with E-state index in [9.17, 15) is 9.59 Å². The largest absolute Gasteiger partial charge is 0.340 e. The minimum atomic E-state index is -0.365. The van der Waals surface area contributed by atoms with Crippen LogP contribution in [0.2, 0.25) is 0 Å². The summed E-state index contributed by atoms with van der Waals surface area (Å²) in [5.74, 6) is 0.129. The topological polar surface area (TPSA) is 84.0 Å². The molecule has 0 bridgehead atoms. The molecule has 3 aromatic rings. The van der Waals surface area contributed by atoms with Gasteiger partial charge in [-0.3, -0.25) is 9.59 Å². The van der Waals surface area contributed by atoms with Crippen LogP contribution in [0.3, 0.4) is 0 Å². The molecule has 2 N–H and O–H groups in total. The second kappa shape index (κ2) is 9.10. The van der Waals surface area contributed by atoms with Crippen LogP contribution < -0.4 is 10.6 Å². The maximum Gasteiger partial charge on any atom is 0.274 e. The number of carbonyl (C=O) groups is 2. The van der Waals surface area contributed by atoms with Gasteiger partial charge in [-0.2, -0.15) is 0 Å². The predicted molar refractivity (Wildman–Crippen MR) is 115 cm³/mol. The number of amides is 1. The number of rotatable bonds is 7. The van der Waals surface area contributed by atoms with Crippen LogP contribution in [0.1, 0.15) is 52.7 Å². The molecule has 0 radical (unpaired) electrons. The van der Waals surface area contributed by atoms with Gasteiger partial charge in [0.1, 0.15) is 17.8 Å². The Hall–Kier alpha value is -3.54. The summed E-state index contributed by atoms with van der Waals surface area (Å²) in [6, 6.07) is 14.7. The number of aryl methyl sites for hydroxylation is 2. The molecule has 0 fully saturated rings. The second-order valence-corrected chi connectivity index (χ2v) is 6.66. The van der Waals surface area contributed by atoms with Gasteiger partial charge in [0.25, 0.3) is 5.91 Å². The van der Waals surface area contributed by atoms with Gasteiger partial charge < -0.3 is 10.6 Å². The maximum atomic E-state index is 12.6. The fourth-order valence-corrected chi connectivity index (χ4v) is 3.09. The molecule has 148 valence electrons. The van der Waals surface area contributed by atoms with Crippen LogP contribution in [0.5, 0.6) is 0 Å². The number of anilines is 3. The summed E-state index contributed by atoms with van der Waals surface area (Å²) in [6.45, 7) is 5.70. The second-order valence-electron chi connectivity index (χ2n) is 6.66. The van der Waals surface area contributed by atoms with E-state index >= 15 is 0 Å². The number of hydrogen-bond donors (Lipinski definition) is 2. The molecule has 0 saturated carbocycles. The molecule has 0 aliphatic rings. The molecule has 3 rings (SSSR count). The van der Waals surface area contributed by atoms with E-state index in [4.69, 9.17) is 0 Å². The Bertz CT molecular complexity index is 1020. The number of ketones is 1. The zero-order valence-electron chi connectivity index (χ0n) is 16.8. The number of nitrogens with one attached hydrogen (secondary N) is 2. The molecule has 6 nitrogen and oxygen atoms in total. The lowest BCUT2D eigenvalue weighted by Gasteiger charge is -2.15. The van der Waals surface area contributed by atoms with Gasteiger partial charge >= 0.3 is 0 Å². The first-order chi connectivity index (χ1) is 14.0. The minimum Gasteiger partial charge on any atom is -0.340 e. The Morgan fingerprint density at radius 1 is 0.931 bits per heavy atom. The van der Waals surface area contributed by atoms with Crippen LogP contribution in [0.4, 0.5) is 17.2 Å². The van der Waals surface area contributed by atoms with E-state index in [0.29, 0.717) is 17.1 Å². The van der Waals surface area contributed by atoms with Crippen LogP contribution in [-0.4, -0.2) is 21.7 Å². The van der Waals surface area contributed by atoms with Crippen molar-refractivity contribution in [2.75, 3.05) is 10.6 Å². The lowest BCUT2D eigenvalue weighted by molar-refractivity contribution is 0.100. The molecule has 0 unspecified atom stereocenters. The first kappa shape index (κ1) is 20.2. The van der Waals surface area contributed by atoms with Gasteiger partial charge in [0.05, 0.1) is 0 Å². The number of para-hydroxylation sites is 1. The zero-order valence-corrected chi connectivity index (χ0v) is 16.8. The van der Waals surface area contributed by atoms with Crippen molar-refractivity contribution >= 4 is 28.9 Å². The molecule has 1 heterocycles. The molecule has 0 atom stereocenters. The summed E-state index contributed by atoms with van der Waals surface area (Å²) in [4.78, 5) is 32.5. The molecular weight excluding hydrogens is 364 g/mol. The van der Waals surface area contributed by atoms with Crippen molar-refractivity contribution in [3.63, 3.8) is 0 Å². The highest BCUT2D eigenvalue weighted by Gasteiger charge is 2.12. The standard InChI is InChI=1S/C23H24N4O2/c1-4-16-8-6-9-17(5-2)22(16)27-21-13-20(24-14-25-21)23(29)26-19-11-7-10-18(12-19)15(3)28/h6-14H,4-5H2,1-3H3,(H,26,29)(H,24,25,27). The lowest BCUT2D eigenvalue weighted by Crippen LogP contribution is -2.15. The van der Waals surface area contributed by atoms with Crippen molar-refractivity contribution in [2.24, 2.45) is 0 Å². The lowest BCUT2D eigenvalue weighted by atomic mass is 10.0. The number of carbonyl (C=O) groups excluding carboxylic acids is 2. The number of hydrogen-bond acceptors (Lipinski definition) is 5. The van der Waals surface area contributed by atoms with Crippen molar-refractivity contribution in [1.82, 2.24) is 9.97 Å². The Kier molecular flexibility index (Phi) is 6.34. The highest BCUT2D eigenvalue weighted by atomic mass is 16.2. The quantitative estimate of drug-likeness (QED) is 0.568. The number of Topliss-reactive ketones (excluding diaryl/α,β-unsaturated/α-hetero) is 1. The van der Waals surface area contributed by atoms with Gasteiger partial charge in [-0.15, -0.1) is 0 Å². The van der Waals surface area contributed by atoms with E-state index in [1.54, 1.807) is 30.3 Å². The Morgan fingerprint density at radius 2 is 1.62 bits per heavy atom. The number of aromatic nitrogens is 2. The first-order valence-electron chi connectivity index (χ1n) is 9.64. The Labute approximate surface area is 170 Å². The van der Waals surface area contributed by atoms with E-state index in [1.165, 1.54) is 24.4 Å². The van der Waals surface area contributed by atoms with Gasteiger partial charge in [0, 0.05) is 23.0 Å². The zero-order chi connectivity index (χ0) is 20.8. The normalized spacial score (nSPS) is 10.4. The summed E-state index contributed by atoms with van der Waals surface area (Å²) < 4.78 is 0. The molecule has 0 spiro atoms. The van der Waals surface area contributed by atoms with Gasteiger partial charge in [-0.25, -0.2) is 9.97 Å². The average molecular weight is 388 g/mol. The third kappa shape index (κ3) is 4.85. The van der Waals surface area contributed by atoms with Crippen molar-refractivity contribution in [3.05, 3.63) is 77.2 Å². The number of benzene rings is 2. The number of nitrogens with zero attached hydrogens (tertiary/aromatic N) is 2. The molecule has 1 aromatic heterocycles. The molecule has 0 saturated heterocycles. The van der Waals surface area contributed by atoms with Crippen LogP contribution in [-0.2, 0) is 12.8 Å². The van der Waals surface area contributed by atoms with Gasteiger partial charge in [-0.1, -0.05) is 44.2 Å². The molecular formula is C23H24N4O2. The van der Waals surface area contributed by atoms with Crippen LogP contribution in [0, 0.1) is 0 Å². The molecule has 2 aromatic carbocycles. The van der Waals surface area contributed by atoms with E-state index in [0.717, 1.165) is 18.5 Å². The summed E-state index contributed by atoms with van der Waals surface area (Å²) in [6.07, 6.45) is 3.14. The smallest absolute Gasteiger partial charge is 0.274 e. The predicted octanol–water partition coefficient (Wildman–Crippen LogP) is 4.80. The summed E-state index contributed by atoms with van der Waals surface area (Å²) in [5.41, 5.74) is 4.72. The van der Waals surface area contributed by atoms with E-state index < -0.39 is 0 Å². The Morgan fingerprint density at radius 3 is 2.28 bits per heavy atom. The van der Waals surface area contributed by atoms with Crippen LogP contribution in [0.15, 0.2) is 54.9 Å². The average Bonchev–Trinajstić information content (AvgIpc) is 2.74. The summed E-state index contributed by atoms with van der Waals surface area (Å²) in [7, 11) is 0. The van der Waals surface area contributed by atoms with Crippen molar-refractivity contribution < 1.29 is 9.59 Å². The van der Waals surface area contributed by atoms with Gasteiger partial charge in [0.15, 0.2) is 5.78 Å². The SMILES string of the molecule is CCc1cccc(CC)c1Nc1cc(C(=O)Nc2cccc(C(C)=O)c2)ncn1. The molecule has 0 aliphatic heterocycles. The Balaban J connectivity index is 1.82. The van der Waals surface area contributed by atoms with E-state index in [-0.39, 0.29) is 17.4 Å². The highest BCUT2D eigenvalue weighted by molar-refractivity contribution is 6.04. The third-order valence-electron chi connectivity index (χ3n) is 4.68. The summed E-state index contributed by atoms with van der Waals surface area (Å²) >= 11 is 0. The monoisotopic (exact) mass is 388 g/mol. The van der Waals surface area contributed by atoms with Crippen molar-refractivity contribution in [2.45, 2.75) is 33.6 Å². The van der Waals surface area contributed by atoms with Crippen LogP contribution in [0.25, 0.3) is 0 Å². The first-order valence-corrected chi connectivity index (χ1v) is 9.64. The summed E-state index contributed by atoms with van der Waals surface area (Å²) in [5, 5.41) is 6.13. The van der Waals surface area contributed by atoms with Crippen molar-refractivity contribution in [3.8, 4) is 0 Å². The fourth-order valence-electron chi connectivity index (χ4n) is 3.09. The fraction of sp³-hybridized carbons (Fsp3) is 0.217. The third-order valence-corrected chi connectivity index (χ3v) is 4.68. The molecule has 29 heavy (non-hydrogen) atoms. The highest BCUT2D eigenvalue weighted by Crippen LogP contribution is 2.26.